The molecule has 1 heterocycles. The summed E-state index contributed by atoms with van der Waals surface area (Å²) in [5.74, 6) is 0.658. The second kappa shape index (κ2) is 15.9. The van der Waals surface area contributed by atoms with Gasteiger partial charge >= 0.3 is 0 Å². The van der Waals surface area contributed by atoms with Crippen LogP contribution in [0.15, 0.2) is 89.9 Å². The fourth-order valence-electron chi connectivity index (χ4n) is 6.69. The lowest BCUT2D eigenvalue weighted by Crippen LogP contribution is -2.62. The number of benzene rings is 4. The van der Waals surface area contributed by atoms with E-state index in [9.17, 15) is 4.79 Å². The van der Waals surface area contributed by atoms with E-state index >= 15 is 0 Å². The van der Waals surface area contributed by atoms with Gasteiger partial charge < -0.3 is 22.1 Å². The van der Waals surface area contributed by atoms with Gasteiger partial charge in [0.2, 0.25) is 5.91 Å². The highest BCUT2D eigenvalue weighted by Crippen LogP contribution is 2.26. The lowest BCUT2D eigenvalue weighted by atomic mass is 9.93. The second-order valence-electron chi connectivity index (χ2n) is 12.8. The number of nitrogens with zero attached hydrogens (tertiary/aromatic N) is 3. The molecule has 1 saturated heterocycles. The Bertz CT molecular complexity index is 1580. The zero-order valence-corrected chi connectivity index (χ0v) is 26.2. The van der Waals surface area contributed by atoms with Gasteiger partial charge in [-0.2, -0.15) is 0 Å². The van der Waals surface area contributed by atoms with Crippen molar-refractivity contribution in [3.63, 3.8) is 0 Å². The molecule has 0 unspecified atom stereocenters. The largest absolute Gasteiger partial charge is 0.370 e. The Kier molecular flexibility index (Phi) is 12.0. The van der Waals surface area contributed by atoms with E-state index < -0.39 is 6.04 Å². The van der Waals surface area contributed by atoms with Gasteiger partial charge in [-0.25, -0.2) is 0 Å². The van der Waals surface area contributed by atoms with E-state index in [-0.39, 0.29) is 31.4 Å². The second-order valence-corrected chi connectivity index (χ2v) is 12.8. The first-order valence-electron chi connectivity index (χ1n) is 16.1. The Hall–Kier alpha value is -3.94. The van der Waals surface area contributed by atoms with Crippen LogP contribution < -0.4 is 17.2 Å². The Morgan fingerprint density at radius 1 is 0.844 bits per heavy atom. The van der Waals surface area contributed by atoms with Crippen LogP contribution in [-0.2, 0) is 17.6 Å². The quantitative estimate of drug-likeness (QED) is 0.108. The molecule has 0 aliphatic carbocycles. The van der Waals surface area contributed by atoms with Crippen LogP contribution in [0.2, 0.25) is 0 Å². The van der Waals surface area contributed by atoms with Gasteiger partial charge in [-0.05, 0) is 70.7 Å². The van der Waals surface area contributed by atoms with Gasteiger partial charge in [-0.3, -0.25) is 14.7 Å². The number of carbonyl (C=O) groups excluding carboxylic acids is 1. The maximum atomic E-state index is 14.1. The molecule has 7 heteroatoms. The van der Waals surface area contributed by atoms with Gasteiger partial charge in [0.15, 0.2) is 5.96 Å². The first-order chi connectivity index (χ1) is 21.3. The highest BCUT2D eigenvalue weighted by Gasteiger charge is 2.37. The van der Waals surface area contributed by atoms with Crippen LogP contribution in [-0.4, -0.2) is 66.0 Å². The normalized spacial score (nSPS) is 17.7. The molecule has 1 fully saturated rings. The van der Waals surface area contributed by atoms with Crippen molar-refractivity contribution >= 4 is 33.4 Å². The minimum atomic E-state index is -0.597. The number of fused-ring (bicyclic) bond motifs is 2. The average Bonchev–Trinajstić information content (AvgIpc) is 3.01. The summed E-state index contributed by atoms with van der Waals surface area (Å²) in [6.07, 6.45) is 4.14. The third-order valence-corrected chi connectivity index (χ3v) is 8.91. The minimum Gasteiger partial charge on any atom is -0.370 e. The molecule has 3 atom stereocenters. The zero-order valence-electron chi connectivity index (χ0n) is 26.2. The summed E-state index contributed by atoms with van der Waals surface area (Å²) in [7, 11) is 0. The Morgan fingerprint density at radius 2 is 1.44 bits per heavy atom. The molecular weight excluding hydrogens is 556 g/mol. The summed E-state index contributed by atoms with van der Waals surface area (Å²) in [5, 5.41) is 4.90. The monoisotopic (exact) mass is 608 g/mol. The van der Waals surface area contributed by atoms with Crippen LogP contribution in [0.5, 0.6) is 0 Å². The maximum Gasteiger partial charge on any atom is 0.240 e. The van der Waals surface area contributed by atoms with Gasteiger partial charge in [-0.15, -0.1) is 0 Å². The molecule has 240 valence electrons. The highest BCUT2D eigenvalue weighted by molar-refractivity contribution is 5.85. The molecule has 4 aromatic rings. The third kappa shape index (κ3) is 9.05. The molecule has 0 bridgehead atoms. The van der Waals surface area contributed by atoms with Gasteiger partial charge in [0.1, 0.15) is 0 Å². The van der Waals surface area contributed by atoms with Crippen molar-refractivity contribution in [2.45, 2.75) is 71.5 Å². The molecular formula is C38H52N6O. The summed E-state index contributed by atoms with van der Waals surface area (Å²) in [6, 6.07) is 29.7. The third-order valence-electron chi connectivity index (χ3n) is 8.91. The predicted molar refractivity (Wildman–Crippen MR) is 190 cm³/mol. The van der Waals surface area contributed by atoms with Crippen molar-refractivity contribution in [3.8, 4) is 0 Å². The van der Waals surface area contributed by atoms with E-state index in [2.05, 4.69) is 101 Å². The number of nitrogens with two attached hydrogens (primary N) is 3. The number of aliphatic imine (C=N–C) groups is 1. The molecule has 0 aromatic heterocycles. The maximum absolute atomic E-state index is 14.1. The summed E-state index contributed by atoms with van der Waals surface area (Å²) >= 11 is 0. The first kappa shape index (κ1) is 33.9. The zero-order chi connectivity index (χ0) is 31.1. The fraction of sp³-hybridized carbons (Fsp3) is 0.421. The molecule has 1 aliphatic heterocycles. The van der Waals surface area contributed by atoms with Gasteiger partial charge in [0.05, 0.1) is 6.04 Å². The smallest absolute Gasteiger partial charge is 0.240 e. The lowest BCUT2D eigenvalue weighted by molar-refractivity contribution is -0.140. The van der Waals surface area contributed by atoms with Gasteiger partial charge in [0, 0.05) is 38.3 Å². The van der Waals surface area contributed by atoms with Gasteiger partial charge in [-0.1, -0.05) is 106 Å². The van der Waals surface area contributed by atoms with E-state index in [1.165, 1.54) is 27.1 Å². The number of hydrogen-bond acceptors (Lipinski definition) is 4. The van der Waals surface area contributed by atoms with Crippen molar-refractivity contribution in [2.24, 2.45) is 28.1 Å². The number of amides is 1. The summed E-state index contributed by atoms with van der Waals surface area (Å²) in [4.78, 5) is 23.0. The van der Waals surface area contributed by atoms with Crippen molar-refractivity contribution < 1.29 is 4.79 Å². The molecule has 1 amide bonds. The van der Waals surface area contributed by atoms with Crippen LogP contribution in [0.1, 0.15) is 51.7 Å². The van der Waals surface area contributed by atoms with Crippen molar-refractivity contribution in [1.82, 2.24) is 9.80 Å². The van der Waals surface area contributed by atoms with Crippen molar-refractivity contribution in [1.29, 1.82) is 0 Å². The van der Waals surface area contributed by atoms with Crippen LogP contribution in [0, 0.1) is 5.92 Å². The molecule has 0 saturated carbocycles. The Labute approximate surface area is 269 Å². The van der Waals surface area contributed by atoms with Gasteiger partial charge in [0.25, 0.3) is 0 Å². The predicted octanol–water partition coefficient (Wildman–Crippen LogP) is 5.72. The van der Waals surface area contributed by atoms with E-state index in [1.807, 2.05) is 12.1 Å². The molecule has 5 rings (SSSR count). The van der Waals surface area contributed by atoms with Crippen LogP contribution in [0.25, 0.3) is 21.5 Å². The number of guanidine groups is 1. The number of hydrogen-bond donors (Lipinski definition) is 3. The van der Waals surface area contributed by atoms with Crippen molar-refractivity contribution in [2.75, 3.05) is 26.2 Å². The average molecular weight is 609 g/mol. The Morgan fingerprint density at radius 3 is 2.07 bits per heavy atom. The molecule has 1 aliphatic rings. The van der Waals surface area contributed by atoms with E-state index in [1.54, 1.807) is 0 Å². The number of rotatable bonds is 12. The minimum absolute atomic E-state index is 0. The molecule has 0 spiro atoms. The van der Waals surface area contributed by atoms with E-state index in [0.29, 0.717) is 25.4 Å². The molecule has 45 heavy (non-hydrogen) atoms. The molecule has 4 aromatic carbocycles. The standard InChI is InChI=1S/C37H48N6O.CH4/c1-26(2)20-34-25-43(36(44)35(38)23-28-14-16-30-9-4-6-11-32(30)22-28)33(12-7-18-41-37(39)40)24-42(34)19-17-27-13-15-29-8-3-5-10-31(29)21-27;/h3-6,8-11,13-16,21-22,26,33-35H,7,12,17-20,23-25,38H2,1-2H3,(H4,39,40,41);1H4/t33-,34+,35+;/m0./s1. The fourth-order valence-corrected chi connectivity index (χ4v) is 6.69. The topological polar surface area (TPSA) is 114 Å². The lowest BCUT2D eigenvalue weighted by Gasteiger charge is -2.48. The Balaban J connectivity index is 0.00000461. The summed E-state index contributed by atoms with van der Waals surface area (Å²) < 4.78 is 0. The number of piperazine rings is 1. The van der Waals surface area contributed by atoms with E-state index in [0.717, 1.165) is 44.3 Å². The number of carbonyl (C=O) groups is 1. The highest BCUT2D eigenvalue weighted by atomic mass is 16.2. The summed E-state index contributed by atoms with van der Waals surface area (Å²) in [5.41, 5.74) is 20.3. The van der Waals surface area contributed by atoms with Crippen LogP contribution in [0.3, 0.4) is 0 Å². The molecule has 7 nitrogen and oxygen atoms in total. The summed E-state index contributed by atoms with van der Waals surface area (Å²) in [6.45, 7) is 7.54. The van der Waals surface area contributed by atoms with Crippen LogP contribution >= 0.6 is 0 Å². The van der Waals surface area contributed by atoms with E-state index in [4.69, 9.17) is 17.2 Å². The van der Waals surface area contributed by atoms with Crippen molar-refractivity contribution in [3.05, 3.63) is 96.1 Å². The van der Waals surface area contributed by atoms with Crippen LogP contribution in [0.4, 0.5) is 0 Å². The first-order valence-corrected chi connectivity index (χ1v) is 16.1. The SMILES string of the molecule is C.CC(C)C[C@@H]1CN(C(=O)[C@H](N)Cc2ccc3ccccc3c2)[C@@H](CCCN=C(N)N)CN1CCc1ccc2ccccc2c1. The molecule has 6 N–H and O–H groups in total. The molecule has 0 radical (unpaired) electrons.